The summed E-state index contributed by atoms with van der Waals surface area (Å²) >= 11 is 0. The van der Waals surface area contributed by atoms with Crippen molar-refractivity contribution < 1.29 is 19.0 Å². The van der Waals surface area contributed by atoms with Crippen LogP contribution in [-0.4, -0.2) is 28.6 Å². The first kappa shape index (κ1) is 12.1. The molecule has 6 heteroatoms. The average molecular weight is 264 g/mol. The fraction of sp³-hybridized carbons (Fsp3) is 0.538. The van der Waals surface area contributed by atoms with E-state index >= 15 is 0 Å². The van der Waals surface area contributed by atoms with E-state index in [2.05, 4.69) is 9.84 Å². The van der Waals surface area contributed by atoms with Gasteiger partial charge in [0.1, 0.15) is 12.5 Å². The van der Waals surface area contributed by atoms with E-state index in [4.69, 9.17) is 9.47 Å². The molecule has 0 unspecified atom stereocenters. The summed E-state index contributed by atoms with van der Waals surface area (Å²) in [6, 6.07) is 0. The zero-order valence-electron chi connectivity index (χ0n) is 10.8. The monoisotopic (exact) mass is 264 g/mol. The molecular formula is C13H16N2O4. The van der Waals surface area contributed by atoms with Crippen LogP contribution in [0.25, 0.3) is 0 Å². The second-order valence-electron chi connectivity index (χ2n) is 4.79. The summed E-state index contributed by atoms with van der Waals surface area (Å²) < 4.78 is 17.5. The lowest BCUT2D eigenvalue weighted by Gasteiger charge is -2.30. The number of nitrogens with zero attached hydrogens (tertiary/aromatic N) is 2. The molecule has 1 spiro atoms. The Morgan fingerprint density at radius 1 is 1.53 bits per heavy atom. The first-order valence-electron chi connectivity index (χ1n) is 6.33. The van der Waals surface area contributed by atoms with Crippen molar-refractivity contribution in [2.75, 3.05) is 7.11 Å². The van der Waals surface area contributed by atoms with E-state index in [0.717, 1.165) is 24.1 Å². The lowest BCUT2D eigenvalue weighted by molar-refractivity contribution is -0.148. The van der Waals surface area contributed by atoms with Gasteiger partial charge in [-0.15, -0.1) is 0 Å². The van der Waals surface area contributed by atoms with Crippen molar-refractivity contribution in [2.24, 2.45) is 0 Å². The number of aromatic nitrogens is 2. The maximum atomic E-state index is 11.1. The lowest BCUT2D eigenvalue weighted by Crippen LogP contribution is -2.36. The predicted molar refractivity (Wildman–Crippen MR) is 64.9 cm³/mol. The molecule has 0 N–H and O–H groups in total. The highest BCUT2D eigenvalue weighted by Crippen LogP contribution is 2.35. The van der Waals surface area contributed by atoms with Gasteiger partial charge in [-0.2, -0.15) is 5.10 Å². The van der Waals surface area contributed by atoms with Crippen molar-refractivity contribution >= 4 is 5.97 Å². The van der Waals surface area contributed by atoms with Crippen LogP contribution in [0.4, 0.5) is 0 Å². The Kier molecular flexibility index (Phi) is 2.93. The second kappa shape index (κ2) is 4.60. The fourth-order valence-electron chi connectivity index (χ4n) is 2.50. The standard InChI is InChI=1S/C13H16N2O4/c1-17-12(16)3-5-15-9-10-8-13(18-6-7-19-13)4-2-11(10)14-15/h6-7,9H,2-5,8H2,1H3. The molecule has 0 bridgehead atoms. The molecule has 0 radical (unpaired) electrons. The SMILES string of the molecule is COC(=O)CCn1cc2c(n1)CCC1(C2)OC=CO1. The second-order valence-corrected chi connectivity index (χ2v) is 4.79. The molecule has 6 nitrogen and oxygen atoms in total. The van der Waals surface area contributed by atoms with Crippen LogP contribution in [0, 0.1) is 0 Å². The number of fused-ring (bicyclic) bond motifs is 1. The van der Waals surface area contributed by atoms with E-state index < -0.39 is 5.79 Å². The van der Waals surface area contributed by atoms with Crippen molar-refractivity contribution in [1.29, 1.82) is 0 Å². The van der Waals surface area contributed by atoms with Crippen molar-refractivity contribution in [2.45, 2.75) is 38.0 Å². The molecule has 0 saturated carbocycles. The molecule has 1 aromatic rings. The number of hydrogen-bond donors (Lipinski definition) is 0. The molecule has 1 aliphatic heterocycles. The van der Waals surface area contributed by atoms with Gasteiger partial charge in [-0.1, -0.05) is 0 Å². The zero-order chi connectivity index (χ0) is 13.3. The Labute approximate surface area is 110 Å². The molecule has 1 aliphatic carbocycles. The Morgan fingerprint density at radius 3 is 3.05 bits per heavy atom. The van der Waals surface area contributed by atoms with Crippen LogP contribution in [0.3, 0.4) is 0 Å². The van der Waals surface area contributed by atoms with Gasteiger partial charge < -0.3 is 14.2 Å². The quantitative estimate of drug-likeness (QED) is 0.766. The topological polar surface area (TPSA) is 62.6 Å². The number of esters is 1. The molecular weight excluding hydrogens is 248 g/mol. The van der Waals surface area contributed by atoms with E-state index in [1.807, 2.05) is 6.20 Å². The number of carbonyl (C=O) groups excluding carboxylic acids is 1. The molecule has 2 heterocycles. The first-order chi connectivity index (χ1) is 9.21. The maximum absolute atomic E-state index is 11.1. The van der Waals surface area contributed by atoms with E-state index in [1.165, 1.54) is 7.11 Å². The summed E-state index contributed by atoms with van der Waals surface area (Å²) in [5, 5.41) is 4.49. The molecule has 0 atom stereocenters. The molecule has 102 valence electrons. The number of hydrogen-bond acceptors (Lipinski definition) is 5. The average Bonchev–Trinajstić information content (AvgIpc) is 3.03. The van der Waals surface area contributed by atoms with Crippen LogP contribution >= 0.6 is 0 Å². The third-order valence-electron chi connectivity index (χ3n) is 3.52. The third kappa shape index (κ3) is 2.30. The van der Waals surface area contributed by atoms with Gasteiger partial charge in [0.15, 0.2) is 0 Å². The van der Waals surface area contributed by atoms with Crippen molar-refractivity contribution in [3.63, 3.8) is 0 Å². The smallest absolute Gasteiger partial charge is 0.307 e. The Morgan fingerprint density at radius 2 is 2.32 bits per heavy atom. The van der Waals surface area contributed by atoms with Crippen LogP contribution in [0.2, 0.25) is 0 Å². The van der Waals surface area contributed by atoms with E-state index in [9.17, 15) is 4.79 Å². The van der Waals surface area contributed by atoms with Gasteiger partial charge >= 0.3 is 5.97 Å². The minimum absolute atomic E-state index is 0.225. The molecule has 3 rings (SSSR count). The summed E-state index contributed by atoms with van der Waals surface area (Å²) in [5.74, 6) is -0.764. The van der Waals surface area contributed by atoms with E-state index in [1.54, 1.807) is 17.2 Å². The van der Waals surface area contributed by atoms with Gasteiger partial charge in [0.25, 0.3) is 5.79 Å². The number of rotatable bonds is 3. The summed E-state index contributed by atoms with van der Waals surface area (Å²) in [7, 11) is 1.39. The van der Waals surface area contributed by atoms with E-state index in [-0.39, 0.29) is 5.97 Å². The number of aryl methyl sites for hydroxylation is 2. The fourth-order valence-corrected chi connectivity index (χ4v) is 2.50. The Bertz CT molecular complexity index is 513. The summed E-state index contributed by atoms with van der Waals surface area (Å²) in [5.41, 5.74) is 2.19. The van der Waals surface area contributed by atoms with E-state index in [0.29, 0.717) is 19.4 Å². The highest BCUT2D eigenvalue weighted by atomic mass is 16.7. The number of carbonyl (C=O) groups is 1. The largest absolute Gasteiger partial charge is 0.469 e. The van der Waals surface area contributed by atoms with Crippen LogP contribution in [-0.2, 0) is 38.4 Å². The minimum Gasteiger partial charge on any atom is -0.469 e. The van der Waals surface area contributed by atoms with Gasteiger partial charge in [-0.3, -0.25) is 9.48 Å². The van der Waals surface area contributed by atoms with Crippen molar-refractivity contribution in [3.05, 3.63) is 30.0 Å². The normalized spacial score (nSPS) is 18.8. The molecule has 2 aliphatic rings. The first-order valence-corrected chi connectivity index (χ1v) is 6.33. The number of ether oxygens (including phenoxy) is 3. The maximum Gasteiger partial charge on any atom is 0.307 e. The molecule has 0 saturated heterocycles. The van der Waals surface area contributed by atoms with Crippen LogP contribution in [0.5, 0.6) is 0 Å². The predicted octanol–water partition coefficient (Wildman–Crippen LogP) is 1.15. The van der Waals surface area contributed by atoms with Gasteiger partial charge in [0.05, 0.1) is 32.2 Å². The number of methoxy groups -OCH3 is 1. The Hall–Kier alpha value is -1.98. The summed E-state index contributed by atoms with van der Waals surface area (Å²) in [6.07, 6.45) is 7.77. The van der Waals surface area contributed by atoms with Crippen molar-refractivity contribution in [1.82, 2.24) is 9.78 Å². The summed E-state index contributed by atoms with van der Waals surface area (Å²) in [6.45, 7) is 0.534. The van der Waals surface area contributed by atoms with Crippen LogP contribution in [0.1, 0.15) is 24.1 Å². The molecule has 0 amide bonds. The summed E-state index contributed by atoms with van der Waals surface area (Å²) in [4.78, 5) is 11.1. The van der Waals surface area contributed by atoms with Gasteiger partial charge in [-0.05, 0) is 6.42 Å². The lowest BCUT2D eigenvalue weighted by atomic mass is 9.92. The minimum atomic E-state index is -0.538. The molecule has 0 aromatic carbocycles. The highest BCUT2D eigenvalue weighted by molar-refractivity contribution is 5.68. The Balaban J connectivity index is 1.68. The third-order valence-corrected chi connectivity index (χ3v) is 3.52. The molecule has 19 heavy (non-hydrogen) atoms. The zero-order valence-corrected chi connectivity index (χ0v) is 10.8. The van der Waals surface area contributed by atoms with Crippen LogP contribution < -0.4 is 0 Å². The molecule has 0 fully saturated rings. The van der Waals surface area contributed by atoms with Crippen molar-refractivity contribution in [3.8, 4) is 0 Å². The highest BCUT2D eigenvalue weighted by Gasteiger charge is 2.40. The van der Waals surface area contributed by atoms with Gasteiger partial charge in [0.2, 0.25) is 0 Å². The van der Waals surface area contributed by atoms with Crippen LogP contribution in [0.15, 0.2) is 18.7 Å². The van der Waals surface area contributed by atoms with Gasteiger partial charge in [-0.25, -0.2) is 0 Å². The van der Waals surface area contributed by atoms with Gasteiger partial charge in [0, 0.05) is 18.2 Å². The molecule has 1 aromatic heterocycles.